The summed E-state index contributed by atoms with van der Waals surface area (Å²) in [5.41, 5.74) is 2.96. The zero-order valence-electron chi connectivity index (χ0n) is 16.0. The topological polar surface area (TPSA) is 62.2 Å². The molecule has 0 atom stereocenters. The lowest BCUT2D eigenvalue weighted by Crippen LogP contribution is -2.38. The van der Waals surface area contributed by atoms with Crippen LogP contribution in [-0.4, -0.2) is 48.2 Å². The predicted molar refractivity (Wildman–Crippen MR) is 118 cm³/mol. The second-order valence-electron chi connectivity index (χ2n) is 7.14. The van der Waals surface area contributed by atoms with E-state index in [4.69, 9.17) is 16.3 Å². The molecule has 2 aromatic rings. The standard InChI is InChI=1S/C22H18ClN3O3S/c23-15-7-5-14(6-8-15)13-26-17-4-2-1-3-16(17)18(21(26)28)19-20(27)24-22(30-19)25-9-11-29-12-10-25/h1-8H,9-13H2/b19-18+. The Morgan fingerprint density at radius 2 is 1.77 bits per heavy atom. The Morgan fingerprint density at radius 1 is 1.03 bits per heavy atom. The van der Waals surface area contributed by atoms with Crippen LogP contribution in [0, 0.1) is 0 Å². The van der Waals surface area contributed by atoms with E-state index in [2.05, 4.69) is 4.99 Å². The number of anilines is 1. The number of halogens is 1. The fraction of sp³-hybridized carbons (Fsp3) is 0.227. The first-order chi connectivity index (χ1) is 14.6. The molecule has 0 N–H and O–H groups in total. The van der Waals surface area contributed by atoms with Crippen LogP contribution in [0.15, 0.2) is 58.4 Å². The summed E-state index contributed by atoms with van der Waals surface area (Å²) in [5.74, 6) is -0.534. The van der Waals surface area contributed by atoms with E-state index in [0.29, 0.717) is 53.5 Å². The summed E-state index contributed by atoms with van der Waals surface area (Å²) in [6.45, 7) is 3.00. The van der Waals surface area contributed by atoms with Crippen molar-refractivity contribution in [2.45, 2.75) is 6.54 Å². The number of nitrogens with zero attached hydrogens (tertiary/aromatic N) is 3. The van der Waals surface area contributed by atoms with Crippen LogP contribution < -0.4 is 4.90 Å². The lowest BCUT2D eigenvalue weighted by atomic mass is 10.1. The number of hydrogen-bond donors (Lipinski definition) is 0. The van der Waals surface area contributed by atoms with Crippen LogP contribution in [0.2, 0.25) is 5.02 Å². The minimum Gasteiger partial charge on any atom is -0.378 e. The molecule has 1 fully saturated rings. The van der Waals surface area contributed by atoms with Gasteiger partial charge in [-0.1, -0.05) is 41.9 Å². The van der Waals surface area contributed by atoms with Crippen molar-refractivity contribution in [2.24, 2.45) is 4.99 Å². The van der Waals surface area contributed by atoms with Crippen molar-refractivity contribution in [3.05, 3.63) is 69.6 Å². The highest BCUT2D eigenvalue weighted by atomic mass is 35.5. The zero-order chi connectivity index (χ0) is 20.7. The molecule has 0 aliphatic carbocycles. The van der Waals surface area contributed by atoms with E-state index >= 15 is 0 Å². The van der Waals surface area contributed by atoms with Crippen LogP contribution >= 0.6 is 23.4 Å². The van der Waals surface area contributed by atoms with E-state index in [0.717, 1.165) is 16.8 Å². The molecule has 6 nitrogen and oxygen atoms in total. The van der Waals surface area contributed by atoms with E-state index < -0.39 is 0 Å². The highest BCUT2D eigenvalue weighted by molar-refractivity contribution is 8.18. The summed E-state index contributed by atoms with van der Waals surface area (Å²) in [6, 6.07) is 15.0. The molecule has 5 rings (SSSR count). The highest BCUT2D eigenvalue weighted by Crippen LogP contribution is 2.44. The third-order valence-electron chi connectivity index (χ3n) is 5.27. The minimum absolute atomic E-state index is 0.180. The van der Waals surface area contributed by atoms with E-state index in [1.54, 1.807) is 4.90 Å². The molecule has 2 amide bonds. The average Bonchev–Trinajstić information content (AvgIpc) is 3.28. The normalized spacial score (nSPS) is 21.3. The van der Waals surface area contributed by atoms with Gasteiger partial charge in [0.25, 0.3) is 11.8 Å². The number of carbonyl (C=O) groups excluding carboxylic acids is 2. The van der Waals surface area contributed by atoms with E-state index in [-0.39, 0.29) is 11.8 Å². The molecule has 3 heterocycles. The molecule has 30 heavy (non-hydrogen) atoms. The van der Waals surface area contributed by atoms with Crippen molar-refractivity contribution in [1.82, 2.24) is 4.90 Å². The van der Waals surface area contributed by atoms with Crippen molar-refractivity contribution in [1.29, 1.82) is 0 Å². The molecule has 0 saturated carbocycles. The van der Waals surface area contributed by atoms with Gasteiger partial charge in [0.15, 0.2) is 5.17 Å². The van der Waals surface area contributed by atoms with Gasteiger partial charge in [0.2, 0.25) is 0 Å². The lowest BCUT2D eigenvalue weighted by Gasteiger charge is -2.27. The maximum absolute atomic E-state index is 13.4. The molecule has 152 valence electrons. The quantitative estimate of drug-likeness (QED) is 0.669. The van der Waals surface area contributed by atoms with Crippen LogP contribution in [0.5, 0.6) is 0 Å². The highest BCUT2D eigenvalue weighted by Gasteiger charge is 2.39. The summed E-state index contributed by atoms with van der Waals surface area (Å²) in [6.07, 6.45) is 0. The number of aliphatic imine (C=N–C) groups is 1. The molecule has 1 saturated heterocycles. The Morgan fingerprint density at radius 3 is 2.53 bits per heavy atom. The average molecular weight is 440 g/mol. The SMILES string of the molecule is O=C1N=C(N2CCOCC2)S/C1=C1/C(=O)N(Cc2ccc(Cl)cc2)c2ccccc21. The van der Waals surface area contributed by atoms with E-state index in [1.807, 2.05) is 53.4 Å². The third kappa shape index (κ3) is 3.43. The summed E-state index contributed by atoms with van der Waals surface area (Å²) in [5, 5.41) is 1.29. The fourth-order valence-corrected chi connectivity index (χ4v) is 4.95. The number of thioether (sulfide) groups is 1. The monoisotopic (exact) mass is 439 g/mol. The molecule has 0 bridgehead atoms. The first-order valence-electron chi connectivity index (χ1n) is 9.65. The Hall–Kier alpha value is -2.61. The van der Waals surface area contributed by atoms with Crippen molar-refractivity contribution < 1.29 is 14.3 Å². The number of fused-ring (bicyclic) bond motifs is 1. The maximum atomic E-state index is 13.4. The second-order valence-corrected chi connectivity index (χ2v) is 8.55. The van der Waals surface area contributed by atoms with Gasteiger partial charge < -0.3 is 14.5 Å². The first-order valence-corrected chi connectivity index (χ1v) is 10.8. The Kier molecular flexibility index (Phi) is 5.10. The van der Waals surface area contributed by atoms with Crippen LogP contribution in [-0.2, 0) is 20.9 Å². The Bertz CT molecular complexity index is 1090. The van der Waals surface area contributed by atoms with E-state index in [1.165, 1.54) is 11.8 Å². The fourth-order valence-electron chi connectivity index (χ4n) is 3.77. The van der Waals surface area contributed by atoms with Gasteiger partial charge in [0.05, 0.1) is 35.9 Å². The molecule has 2 aromatic carbocycles. The second kappa shape index (κ2) is 7.91. The van der Waals surface area contributed by atoms with Crippen molar-refractivity contribution in [2.75, 3.05) is 31.2 Å². The van der Waals surface area contributed by atoms with Crippen molar-refractivity contribution in [3.8, 4) is 0 Å². The molecule has 3 aliphatic heterocycles. The van der Waals surface area contributed by atoms with Crippen LogP contribution in [0.3, 0.4) is 0 Å². The molecule has 3 aliphatic rings. The van der Waals surface area contributed by atoms with Gasteiger partial charge in [-0.2, -0.15) is 4.99 Å². The van der Waals surface area contributed by atoms with Gasteiger partial charge in [-0.05, 0) is 35.5 Å². The number of ether oxygens (including phenoxy) is 1. The van der Waals surface area contributed by atoms with Crippen molar-refractivity contribution >= 4 is 51.6 Å². The molecular weight excluding hydrogens is 422 g/mol. The van der Waals surface area contributed by atoms with Gasteiger partial charge in [0, 0.05) is 23.7 Å². The van der Waals surface area contributed by atoms with Crippen LogP contribution in [0.4, 0.5) is 5.69 Å². The summed E-state index contributed by atoms with van der Waals surface area (Å²) in [7, 11) is 0. The Labute approximate surface area is 183 Å². The number of rotatable bonds is 2. The summed E-state index contributed by atoms with van der Waals surface area (Å²) < 4.78 is 5.38. The molecule has 0 radical (unpaired) electrons. The van der Waals surface area contributed by atoms with Gasteiger partial charge in [-0.3, -0.25) is 9.59 Å². The van der Waals surface area contributed by atoms with Gasteiger partial charge in [0.1, 0.15) is 0 Å². The number of carbonyl (C=O) groups is 2. The van der Waals surface area contributed by atoms with Crippen molar-refractivity contribution in [3.63, 3.8) is 0 Å². The van der Waals surface area contributed by atoms with E-state index in [9.17, 15) is 9.59 Å². The molecule has 0 spiro atoms. The number of amidine groups is 1. The Balaban J connectivity index is 1.49. The molecule has 0 aromatic heterocycles. The number of amides is 2. The van der Waals surface area contributed by atoms with Gasteiger partial charge in [-0.15, -0.1) is 0 Å². The number of morpholine rings is 1. The van der Waals surface area contributed by atoms with Crippen LogP contribution in [0.1, 0.15) is 11.1 Å². The maximum Gasteiger partial charge on any atom is 0.287 e. The smallest absolute Gasteiger partial charge is 0.287 e. The summed E-state index contributed by atoms with van der Waals surface area (Å²) >= 11 is 7.27. The lowest BCUT2D eigenvalue weighted by molar-refractivity contribution is -0.115. The third-order valence-corrected chi connectivity index (χ3v) is 6.64. The largest absolute Gasteiger partial charge is 0.378 e. The number of benzene rings is 2. The number of para-hydroxylation sites is 1. The van der Waals surface area contributed by atoms with Crippen LogP contribution in [0.25, 0.3) is 5.57 Å². The zero-order valence-corrected chi connectivity index (χ0v) is 17.6. The first kappa shape index (κ1) is 19.4. The molecule has 0 unspecified atom stereocenters. The summed E-state index contributed by atoms with van der Waals surface area (Å²) in [4.78, 5) is 34.6. The molecular formula is C22H18ClN3O3S. The predicted octanol–water partition coefficient (Wildman–Crippen LogP) is 3.56. The number of hydrogen-bond acceptors (Lipinski definition) is 5. The van der Waals surface area contributed by atoms with Gasteiger partial charge in [-0.25, -0.2) is 0 Å². The molecule has 8 heteroatoms. The van der Waals surface area contributed by atoms with Gasteiger partial charge >= 0.3 is 0 Å². The minimum atomic E-state index is -0.354.